The molecule has 0 aromatic heterocycles. The maximum Gasteiger partial charge on any atom is 0.216 e. The summed E-state index contributed by atoms with van der Waals surface area (Å²) in [4.78, 5) is 2.36. The highest BCUT2D eigenvalue weighted by molar-refractivity contribution is 7.90. The third-order valence-corrected chi connectivity index (χ3v) is 7.19. The van der Waals surface area contributed by atoms with Crippen molar-refractivity contribution in [3.8, 4) is 0 Å². The van der Waals surface area contributed by atoms with Crippen LogP contribution in [0.15, 0.2) is 24.3 Å². The molecule has 0 bridgehead atoms. The van der Waals surface area contributed by atoms with E-state index in [0.717, 1.165) is 51.0 Å². The number of hydrogen-bond acceptors (Lipinski definition) is 5. The van der Waals surface area contributed by atoms with Crippen LogP contribution < -0.4 is 14.9 Å². The van der Waals surface area contributed by atoms with Crippen LogP contribution in [-0.2, 0) is 14.8 Å². The molecule has 1 aromatic carbocycles. The molecule has 1 unspecified atom stereocenters. The van der Waals surface area contributed by atoms with Crippen molar-refractivity contribution >= 4 is 21.4 Å². The van der Waals surface area contributed by atoms with E-state index in [-0.39, 0.29) is 0 Å². The minimum Gasteiger partial charge on any atom is -0.385 e. The normalized spacial score (nSPS) is 18.1. The van der Waals surface area contributed by atoms with Crippen LogP contribution in [0.2, 0.25) is 0 Å². The van der Waals surface area contributed by atoms with Gasteiger partial charge in [0.05, 0.1) is 10.9 Å². The lowest BCUT2D eigenvalue weighted by Crippen LogP contribution is -2.39. The Bertz CT molecular complexity index is 669. The predicted molar refractivity (Wildman–Crippen MR) is 113 cm³/mol. The van der Waals surface area contributed by atoms with Crippen LogP contribution in [0.5, 0.6) is 0 Å². The number of rotatable bonds is 10. The third kappa shape index (κ3) is 6.66. The van der Waals surface area contributed by atoms with Crippen LogP contribution in [0, 0.1) is 0 Å². The highest BCUT2D eigenvalue weighted by Crippen LogP contribution is 2.23. The Balaban J connectivity index is 1.61. The highest BCUT2D eigenvalue weighted by Gasteiger charge is 2.27. The Morgan fingerprint density at radius 3 is 2.37 bits per heavy atom. The summed E-state index contributed by atoms with van der Waals surface area (Å²) >= 11 is 0. The second kappa shape index (κ2) is 9.75. The first-order chi connectivity index (χ1) is 12.7. The molecule has 7 heteroatoms. The topological polar surface area (TPSA) is 70.7 Å². The summed E-state index contributed by atoms with van der Waals surface area (Å²) in [5, 5.41) is 3.43. The van der Waals surface area contributed by atoms with Gasteiger partial charge in [0.25, 0.3) is 0 Å². The summed E-state index contributed by atoms with van der Waals surface area (Å²) in [5.41, 5.74) is 2.36. The predicted octanol–water partition coefficient (Wildman–Crippen LogP) is 3.21. The average Bonchev–Trinajstić information content (AvgIpc) is 3.09. The van der Waals surface area contributed by atoms with E-state index < -0.39 is 14.8 Å². The molecule has 1 heterocycles. The first kappa shape index (κ1) is 22.0. The fourth-order valence-corrected chi connectivity index (χ4v) is 3.87. The summed E-state index contributed by atoms with van der Waals surface area (Å²) in [5.74, 6) is 0. The van der Waals surface area contributed by atoms with Crippen molar-refractivity contribution in [1.29, 1.82) is 0 Å². The van der Waals surface area contributed by atoms with Gasteiger partial charge in [-0.1, -0.05) is 6.42 Å². The second-order valence-corrected chi connectivity index (χ2v) is 10.7. The molecule has 154 valence electrons. The smallest absolute Gasteiger partial charge is 0.216 e. The lowest BCUT2D eigenvalue weighted by atomic mass is 10.2. The zero-order valence-corrected chi connectivity index (χ0v) is 17.9. The van der Waals surface area contributed by atoms with Crippen molar-refractivity contribution in [2.45, 2.75) is 57.3 Å². The zero-order chi connectivity index (χ0) is 19.9. The standard InChI is InChI=1S/C20H35N3O3S/c1-20(2,3)27(24,25)22-14-7-5-6-13-21-17-8-10-18(11-9-17)23-15-12-19(16-23)26-4/h8-11,19,21-22H,5-7,12-16H2,1-4H3. The number of hydrogen-bond donors (Lipinski definition) is 2. The molecule has 1 atom stereocenters. The van der Waals surface area contributed by atoms with Crippen LogP contribution in [0.3, 0.4) is 0 Å². The Kier molecular flexibility index (Phi) is 7.94. The number of ether oxygens (including phenoxy) is 1. The van der Waals surface area contributed by atoms with Gasteiger partial charge in [0.2, 0.25) is 10.0 Å². The number of nitrogens with zero attached hydrogens (tertiary/aromatic N) is 1. The largest absolute Gasteiger partial charge is 0.385 e. The van der Waals surface area contributed by atoms with Crippen molar-refractivity contribution in [2.24, 2.45) is 0 Å². The van der Waals surface area contributed by atoms with E-state index in [2.05, 4.69) is 39.2 Å². The van der Waals surface area contributed by atoms with E-state index in [1.165, 1.54) is 5.69 Å². The zero-order valence-electron chi connectivity index (χ0n) is 17.1. The van der Waals surface area contributed by atoms with Gasteiger partial charge in [0, 0.05) is 44.7 Å². The van der Waals surface area contributed by atoms with Crippen LogP contribution in [0.1, 0.15) is 46.5 Å². The van der Waals surface area contributed by atoms with Crippen molar-refractivity contribution in [3.63, 3.8) is 0 Å². The van der Waals surface area contributed by atoms with Gasteiger partial charge >= 0.3 is 0 Å². The van der Waals surface area contributed by atoms with Gasteiger partial charge in [-0.15, -0.1) is 0 Å². The summed E-state index contributed by atoms with van der Waals surface area (Å²) in [6, 6.07) is 8.54. The van der Waals surface area contributed by atoms with Gasteiger partial charge in [-0.05, 0) is 64.3 Å². The number of nitrogens with one attached hydrogen (secondary N) is 2. The Morgan fingerprint density at radius 1 is 1.11 bits per heavy atom. The molecule has 1 aromatic rings. The average molecular weight is 398 g/mol. The van der Waals surface area contributed by atoms with Crippen molar-refractivity contribution in [2.75, 3.05) is 43.5 Å². The molecule has 6 nitrogen and oxygen atoms in total. The molecule has 0 saturated carbocycles. The van der Waals surface area contributed by atoms with Crippen LogP contribution in [0.25, 0.3) is 0 Å². The van der Waals surface area contributed by atoms with E-state index in [0.29, 0.717) is 12.6 Å². The number of benzene rings is 1. The van der Waals surface area contributed by atoms with Crippen LogP contribution in [-0.4, -0.2) is 52.6 Å². The molecule has 0 radical (unpaired) electrons. The number of anilines is 2. The molecule has 0 amide bonds. The lowest BCUT2D eigenvalue weighted by molar-refractivity contribution is 0.121. The first-order valence-electron chi connectivity index (χ1n) is 9.84. The van der Waals surface area contributed by atoms with E-state index in [4.69, 9.17) is 4.74 Å². The Morgan fingerprint density at radius 2 is 1.78 bits per heavy atom. The molecule has 0 spiro atoms. The maximum absolute atomic E-state index is 12.0. The van der Waals surface area contributed by atoms with Crippen molar-refractivity contribution in [3.05, 3.63) is 24.3 Å². The molecule has 1 saturated heterocycles. The van der Waals surface area contributed by atoms with E-state index in [1.807, 2.05) is 0 Å². The monoisotopic (exact) mass is 397 g/mol. The van der Waals surface area contributed by atoms with E-state index in [9.17, 15) is 8.42 Å². The maximum atomic E-state index is 12.0. The summed E-state index contributed by atoms with van der Waals surface area (Å²) in [6.45, 7) is 8.54. The van der Waals surface area contributed by atoms with Crippen LogP contribution >= 0.6 is 0 Å². The van der Waals surface area contributed by atoms with E-state index >= 15 is 0 Å². The molecule has 1 aliphatic heterocycles. The Labute approximate surface area is 164 Å². The van der Waals surface area contributed by atoms with Gasteiger partial charge in [-0.2, -0.15) is 0 Å². The fourth-order valence-electron chi connectivity index (χ4n) is 3.03. The minimum atomic E-state index is -3.23. The summed E-state index contributed by atoms with van der Waals surface area (Å²) < 4.78 is 31.3. The number of sulfonamides is 1. The molecule has 2 N–H and O–H groups in total. The number of unbranched alkanes of at least 4 members (excludes halogenated alkanes) is 2. The summed E-state index contributed by atoms with van der Waals surface area (Å²) in [6.07, 6.45) is 4.29. The van der Waals surface area contributed by atoms with Gasteiger partial charge in [0.1, 0.15) is 0 Å². The molecule has 0 aliphatic carbocycles. The fraction of sp³-hybridized carbons (Fsp3) is 0.700. The van der Waals surface area contributed by atoms with E-state index in [1.54, 1.807) is 27.9 Å². The molecule has 2 rings (SSSR count). The second-order valence-electron chi connectivity index (χ2n) is 8.14. The molecular formula is C20H35N3O3S. The molecular weight excluding hydrogens is 362 g/mol. The molecule has 1 fully saturated rings. The highest BCUT2D eigenvalue weighted by atomic mass is 32.2. The molecule has 1 aliphatic rings. The lowest BCUT2D eigenvalue weighted by Gasteiger charge is -2.19. The summed E-state index contributed by atoms with van der Waals surface area (Å²) in [7, 11) is -1.45. The van der Waals surface area contributed by atoms with Gasteiger partial charge < -0.3 is 15.0 Å². The van der Waals surface area contributed by atoms with Crippen molar-refractivity contribution < 1.29 is 13.2 Å². The van der Waals surface area contributed by atoms with Gasteiger partial charge in [0.15, 0.2) is 0 Å². The van der Waals surface area contributed by atoms with Gasteiger partial charge in [-0.25, -0.2) is 13.1 Å². The Hall–Kier alpha value is -1.31. The minimum absolute atomic E-state index is 0.343. The quantitative estimate of drug-likeness (QED) is 0.593. The van der Waals surface area contributed by atoms with Crippen LogP contribution in [0.4, 0.5) is 11.4 Å². The molecule has 27 heavy (non-hydrogen) atoms. The van der Waals surface area contributed by atoms with Crippen molar-refractivity contribution in [1.82, 2.24) is 4.72 Å². The third-order valence-electron chi connectivity index (χ3n) is 4.99. The SMILES string of the molecule is COC1CCN(c2ccc(NCCCCCNS(=O)(=O)C(C)(C)C)cc2)C1. The number of methoxy groups -OCH3 is 1. The first-order valence-corrected chi connectivity index (χ1v) is 11.3. The van der Waals surface area contributed by atoms with Gasteiger partial charge in [-0.3, -0.25) is 0 Å².